The van der Waals surface area contributed by atoms with Crippen molar-refractivity contribution in [1.82, 2.24) is 4.98 Å². The summed E-state index contributed by atoms with van der Waals surface area (Å²) in [5.74, 6) is -0.506. The number of pyridine rings is 1. The van der Waals surface area contributed by atoms with Crippen molar-refractivity contribution in [3.8, 4) is 0 Å². The molecule has 5 nitrogen and oxygen atoms in total. The van der Waals surface area contributed by atoms with Crippen LogP contribution in [-0.4, -0.2) is 22.0 Å². The summed E-state index contributed by atoms with van der Waals surface area (Å²) in [5.41, 5.74) is 0. The summed E-state index contributed by atoms with van der Waals surface area (Å²) < 4.78 is 0. The van der Waals surface area contributed by atoms with Crippen molar-refractivity contribution in [2.24, 2.45) is 11.8 Å². The van der Waals surface area contributed by atoms with E-state index in [1.165, 1.54) is 0 Å². The Morgan fingerprint density at radius 2 is 2.00 bits per heavy atom. The molecule has 0 spiro atoms. The Morgan fingerprint density at radius 3 is 2.55 bits per heavy atom. The van der Waals surface area contributed by atoms with Crippen LogP contribution in [0.5, 0.6) is 0 Å². The zero-order chi connectivity index (χ0) is 15.0. The molecule has 0 unspecified atom stereocenters. The van der Waals surface area contributed by atoms with Gasteiger partial charge in [0.1, 0.15) is 5.82 Å². The van der Waals surface area contributed by atoms with E-state index in [-0.39, 0.29) is 12.3 Å². The van der Waals surface area contributed by atoms with E-state index < -0.39 is 11.9 Å². The van der Waals surface area contributed by atoms with Crippen molar-refractivity contribution < 1.29 is 14.7 Å². The molecule has 1 rings (SSSR count). The molecule has 0 saturated carbocycles. The highest BCUT2D eigenvalue weighted by Crippen LogP contribution is 2.18. The van der Waals surface area contributed by atoms with Gasteiger partial charge in [-0.2, -0.15) is 0 Å². The van der Waals surface area contributed by atoms with E-state index in [1.54, 1.807) is 24.4 Å². The Kier molecular flexibility index (Phi) is 6.70. The number of hydrogen-bond donors (Lipinski definition) is 2. The summed E-state index contributed by atoms with van der Waals surface area (Å²) in [6.07, 6.45) is 3.63. The van der Waals surface area contributed by atoms with Crippen LogP contribution in [0.25, 0.3) is 0 Å². The molecule has 20 heavy (non-hydrogen) atoms. The fourth-order valence-electron chi connectivity index (χ4n) is 1.87. The van der Waals surface area contributed by atoms with Crippen LogP contribution in [-0.2, 0) is 9.59 Å². The summed E-state index contributed by atoms with van der Waals surface area (Å²) in [4.78, 5) is 26.9. The molecule has 0 fully saturated rings. The summed E-state index contributed by atoms with van der Waals surface area (Å²) >= 11 is 0. The maximum Gasteiger partial charge on any atom is 0.306 e. The zero-order valence-electron chi connectivity index (χ0n) is 12.0. The van der Waals surface area contributed by atoms with Gasteiger partial charge in [0.05, 0.1) is 5.92 Å². The number of aliphatic carboxylic acids is 1. The molecule has 0 bridgehead atoms. The van der Waals surface area contributed by atoms with E-state index in [2.05, 4.69) is 24.1 Å². The van der Waals surface area contributed by atoms with Crippen molar-refractivity contribution >= 4 is 17.7 Å². The number of anilines is 1. The molecular formula is C15H22N2O3. The standard InChI is InChI=1S/C15H22N2O3/c1-11(2)6-7-12(15(19)20)8-9-14(18)17-13-5-3-4-10-16-13/h3-5,10-12H,6-9H2,1-2H3,(H,19,20)(H,16,17,18)/t12-/m1/s1. The number of amides is 1. The van der Waals surface area contributed by atoms with E-state index in [4.69, 9.17) is 5.11 Å². The van der Waals surface area contributed by atoms with Gasteiger partial charge in [0, 0.05) is 12.6 Å². The molecule has 110 valence electrons. The van der Waals surface area contributed by atoms with E-state index in [9.17, 15) is 9.59 Å². The second kappa shape index (κ2) is 8.30. The fourth-order valence-corrected chi connectivity index (χ4v) is 1.87. The minimum absolute atomic E-state index is 0.195. The zero-order valence-corrected chi connectivity index (χ0v) is 12.0. The lowest BCUT2D eigenvalue weighted by atomic mass is 9.94. The molecule has 2 N–H and O–H groups in total. The number of hydrogen-bond acceptors (Lipinski definition) is 3. The van der Waals surface area contributed by atoms with Crippen LogP contribution in [0.15, 0.2) is 24.4 Å². The highest BCUT2D eigenvalue weighted by Gasteiger charge is 2.19. The first-order valence-corrected chi connectivity index (χ1v) is 6.92. The van der Waals surface area contributed by atoms with Crippen molar-refractivity contribution in [3.05, 3.63) is 24.4 Å². The van der Waals surface area contributed by atoms with Gasteiger partial charge < -0.3 is 10.4 Å². The first kappa shape index (κ1) is 16.1. The molecule has 0 aliphatic heterocycles. The van der Waals surface area contributed by atoms with Gasteiger partial charge in [-0.1, -0.05) is 26.3 Å². The number of aromatic nitrogens is 1. The summed E-state index contributed by atoms with van der Waals surface area (Å²) in [6.45, 7) is 4.12. The first-order chi connectivity index (χ1) is 9.49. The Morgan fingerprint density at radius 1 is 1.25 bits per heavy atom. The number of rotatable bonds is 8. The van der Waals surface area contributed by atoms with Crippen molar-refractivity contribution in [1.29, 1.82) is 0 Å². The van der Waals surface area contributed by atoms with Crippen LogP contribution in [0.3, 0.4) is 0 Å². The lowest BCUT2D eigenvalue weighted by molar-refractivity contribution is -0.142. The Bertz CT molecular complexity index is 432. The molecule has 0 aromatic carbocycles. The van der Waals surface area contributed by atoms with Crippen LogP contribution >= 0.6 is 0 Å². The molecule has 0 aliphatic carbocycles. The molecule has 0 radical (unpaired) electrons. The molecule has 1 amide bonds. The average molecular weight is 278 g/mol. The summed E-state index contributed by atoms with van der Waals surface area (Å²) in [7, 11) is 0. The fraction of sp³-hybridized carbons (Fsp3) is 0.533. The molecule has 1 aromatic heterocycles. The lowest BCUT2D eigenvalue weighted by Crippen LogP contribution is -2.19. The Hall–Kier alpha value is -1.91. The van der Waals surface area contributed by atoms with Gasteiger partial charge in [-0.3, -0.25) is 9.59 Å². The number of carbonyl (C=O) groups excluding carboxylic acids is 1. The van der Waals surface area contributed by atoms with Gasteiger partial charge in [0.15, 0.2) is 0 Å². The third-order valence-electron chi connectivity index (χ3n) is 3.09. The minimum atomic E-state index is -0.823. The van der Waals surface area contributed by atoms with Crippen molar-refractivity contribution in [3.63, 3.8) is 0 Å². The first-order valence-electron chi connectivity index (χ1n) is 6.92. The number of carboxylic acids is 1. The molecule has 1 heterocycles. The maximum absolute atomic E-state index is 11.7. The van der Waals surface area contributed by atoms with Crippen LogP contribution in [0.1, 0.15) is 39.5 Å². The smallest absolute Gasteiger partial charge is 0.306 e. The Balaban J connectivity index is 2.39. The SMILES string of the molecule is CC(C)CC[C@H](CCC(=O)Nc1ccccn1)C(=O)O. The van der Waals surface area contributed by atoms with Crippen LogP contribution in [0, 0.1) is 11.8 Å². The number of nitrogens with zero attached hydrogens (tertiary/aromatic N) is 1. The molecule has 1 atom stereocenters. The van der Waals surface area contributed by atoms with Gasteiger partial charge >= 0.3 is 5.97 Å². The van der Waals surface area contributed by atoms with E-state index in [0.717, 1.165) is 6.42 Å². The van der Waals surface area contributed by atoms with E-state index >= 15 is 0 Å². The highest BCUT2D eigenvalue weighted by molar-refractivity contribution is 5.89. The average Bonchev–Trinajstić information content (AvgIpc) is 2.39. The minimum Gasteiger partial charge on any atom is -0.481 e. The summed E-state index contributed by atoms with van der Waals surface area (Å²) in [6, 6.07) is 5.25. The second-order valence-corrected chi connectivity index (χ2v) is 5.31. The lowest BCUT2D eigenvalue weighted by Gasteiger charge is -2.13. The van der Waals surface area contributed by atoms with Gasteiger partial charge in [0.2, 0.25) is 5.91 Å². The van der Waals surface area contributed by atoms with Gasteiger partial charge in [-0.05, 0) is 30.9 Å². The predicted molar refractivity (Wildman–Crippen MR) is 77.3 cm³/mol. The van der Waals surface area contributed by atoms with Gasteiger partial charge in [-0.25, -0.2) is 4.98 Å². The topological polar surface area (TPSA) is 79.3 Å². The largest absolute Gasteiger partial charge is 0.481 e. The molecule has 0 saturated heterocycles. The van der Waals surface area contributed by atoms with Crippen LogP contribution in [0.2, 0.25) is 0 Å². The highest BCUT2D eigenvalue weighted by atomic mass is 16.4. The molecule has 1 aromatic rings. The Labute approximate surface area is 119 Å². The van der Waals surface area contributed by atoms with Crippen LogP contribution < -0.4 is 5.32 Å². The second-order valence-electron chi connectivity index (χ2n) is 5.31. The summed E-state index contributed by atoms with van der Waals surface area (Å²) in [5, 5.41) is 11.8. The van der Waals surface area contributed by atoms with Gasteiger partial charge in [-0.15, -0.1) is 0 Å². The molecule has 5 heteroatoms. The molecule has 0 aliphatic rings. The number of carboxylic acid groups (broad SMARTS) is 1. The third-order valence-corrected chi connectivity index (χ3v) is 3.09. The molecular weight excluding hydrogens is 256 g/mol. The maximum atomic E-state index is 11.7. The van der Waals surface area contributed by atoms with Crippen molar-refractivity contribution in [2.45, 2.75) is 39.5 Å². The van der Waals surface area contributed by atoms with Crippen molar-refractivity contribution in [2.75, 3.05) is 5.32 Å². The number of nitrogens with one attached hydrogen (secondary N) is 1. The predicted octanol–water partition coefficient (Wildman–Crippen LogP) is 2.94. The van der Waals surface area contributed by atoms with E-state index in [1.807, 2.05) is 0 Å². The van der Waals surface area contributed by atoms with Gasteiger partial charge in [0.25, 0.3) is 0 Å². The third kappa shape index (κ3) is 6.31. The quantitative estimate of drug-likeness (QED) is 0.766. The monoisotopic (exact) mass is 278 g/mol. The number of carbonyl (C=O) groups is 2. The van der Waals surface area contributed by atoms with Crippen LogP contribution in [0.4, 0.5) is 5.82 Å². The van der Waals surface area contributed by atoms with E-state index in [0.29, 0.717) is 24.6 Å². The normalized spacial score (nSPS) is 12.2.